The van der Waals surface area contributed by atoms with E-state index in [-0.39, 0.29) is 11.8 Å². The summed E-state index contributed by atoms with van der Waals surface area (Å²) in [5.74, 6) is 0.286. The van der Waals surface area contributed by atoms with Crippen molar-refractivity contribution in [3.63, 3.8) is 0 Å². The molecule has 4 heteroatoms. The zero-order valence-electron chi connectivity index (χ0n) is 9.55. The first-order valence-electron chi connectivity index (χ1n) is 5.38. The van der Waals surface area contributed by atoms with Crippen molar-refractivity contribution in [2.75, 3.05) is 13.7 Å². The molecule has 0 aromatic heterocycles. The molecular formula is C13H13NO3. The number of hydrogen-bond donors (Lipinski definition) is 0. The summed E-state index contributed by atoms with van der Waals surface area (Å²) < 4.78 is 5.21. The summed E-state index contributed by atoms with van der Waals surface area (Å²) in [7, 11) is 1.60. The standard InChI is InChI=1S/C13H13NO3/c1-17-11-5-3-2-4-10(11)8-9-14-12(15)6-7-13(14)16/h2-7H,8-9H2,1H3. The van der Waals surface area contributed by atoms with Crippen LogP contribution >= 0.6 is 0 Å². The summed E-state index contributed by atoms with van der Waals surface area (Å²) in [5.41, 5.74) is 0.988. The van der Waals surface area contributed by atoms with Crippen LogP contribution in [0.15, 0.2) is 36.4 Å². The molecule has 1 aromatic carbocycles. The molecule has 0 spiro atoms. The number of amides is 2. The number of carbonyl (C=O) groups is 2. The van der Waals surface area contributed by atoms with Crippen molar-refractivity contribution in [1.29, 1.82) is 0 Å². The van der Waals surface area contributed by atoms with Crippen LogP contribution in [0.2, 0.25) is 0 Å². The van der Waals surface area contributed by atoms with Crippen LogP contribution in [0.5, 0.6) is 5.75 Å². The van der Waals surface area contributed by atoms with E-state index in [1.807, 2.05) is 24.3 Å². The van der Waals surface area contributed by atoms with Gasteiger partial charge in [0.2, 0.25) is 0 Å². The van der Waals surface area contributed by atoms with Gasteiger partial charge in [0.15, 0.2) is 0 Å². The third-order valence-electron chi connectivity index (χ3n) is 2.70. The number of ether oxygens (including phenoxy) is 1. The summed E-state index contributed by atoms with van der Waals surface area (Å²) in [6.07, 6.45) is 3.19. The molecule has 0 atom stereocenters. The molecule has 1 heterocycles. The first-order valence-corrected chi connectivity index (χ1v) is 5.38. The highest BCUT2D eigenvalue weighted by Crippen LogP contribution is 2.18. The zero-order chi connectivity index (χ0) is 12.3. The Bertz CT molecular complexity index is 461. The smallest absolute Gasteiger partial charge is 0.253 e. The molecule has 17 heavy (non-hydrogen) atoms. The molecular weight excluding hydrogens is 218 g/mol. The van der Waals surface area contributed by atoms with Crippen molar-refractivity contribution < 1.29 is 14.3 Å². The van der Waals surface area contributed by atoms with Gasteiger partial charge in [0, 0.05) is 18.7 Å². The molecule has 2 amide bonds. The fourth-order valence-electron chi connectivity index (χ4n) is 1.79. The molecule has 0 saturated heterocycles. The van der Waals surface area contributed by atoms with Crippen molar-refractivity contribution in [2.24, 2.45) is 0 Å². The predicted octanol–water partition coefficient (Wildman–Crippen LogP) is 1.16. The Hall–Kier alpha value is -2.10. The number of para-hydroxylation sites is 1. The molecule has 2 rings (SSSR count). The summed E-state index contributed by atoms with van der Waals surface area (Å²) in [5, 5.41) is 0. The van der Waals surface area contributed by atoms with E-state index in [9.17, 15) is 9.59 Å². The first-order chi connectivity index (χ1) is 8.22. The molecule has 0 N–H and O–H groups in total. The SMILES string of the molecule is COc1ccccc1CCN1C(=O)C=CC1=O. The third-order valence-corrected chi connectivity index (χ3v) is 2.70. The molecule has 0 unspecified atom stereocenters. The number of nitrogens with zero attached hydrogens (tertiary/aromatic N) is 1. The van der Waals surface area contributed by atoms with Crippen LogP contribution in [0.1, 0.15) is 5.56 Å². The van der Waals surface area contributed by atoms with Gasteiger partial charge >= 0.3 is 0 Å². The Morgan fingerprint density at radius 1 is 1.12 bits per heavy atom. The lowest BCUT2D eigenvalue weighted by Gasteiger charge is -2.14. The average molecular weight is 231 g/mol. The number of benzene rings is 1. The lowest BCUT2D eigenvalue weighted by Crippen LogP contribution is -2.31. The second-order valence-electron chi connectivity index (χ2n) is 3.72. The number of imide groups is 1. The largest absolute Gasteiger partial charge is 0.496 e. The van der Waals surface area contributed by atoms with E-state index in [0.717, 1.165) is 11.3 Å². The van der Waals surface area contributed by atoms with E-state index in [1.54, 1.807) is 7.11 Å². The van der Waals surface area contributed by atoms with Gasteiger partial charge < -0.3 is 4.74 Å². The maximum atomic E-state index is 11.3. The minimum atomic E-state index is -0.245. The highest BCUT2D eigenvalue weighted by molar-refractivity contribution is 6.12. The van der Waals surface area contributed by atoms with Crippen molar-refractivity contribution >= 4 is 11.8 Å². The van der Waals surface area contributed by atoms with Crippen molar-refractivity contribution in [1.82, 2.24) is 4.90 Å². The molecule has 1 aliphatic heterocycles. The van der Waals surface area contributed by atoms with Gasteiger partial charge in [0.05, 0.1) is 7.11 Å². The summed E-state index contributed by atoms with van der Waals surface area (Å²) in [6.45, 7) is 0.380. The van der Waals surface area contributed by atoms with Gasteiger partial charge in [0.1, 0.15) is 5.75 Å². The highest BCUT2D eigenvalue weighted by atomic mass is 16.5. The van der Waals surface area contributed by atoms with E-state index in [1.165, 1.54) is 17.1 Å². The van der Waals surface area contributed by atoms with Crippen LogP contribution in [0, 0.1) is 0 Å². The monoisotopic (exact) mass is 231 g/mol. The molecule has 88 valence electrons. The average Bonchev–Trinajstić information content (AvgIpc) is 2.67. The van der Waals surface area contributed by atoms with Crippen molar-refractivity contribution in [3.05, 3.63) is 42.0 Å². The fourth-order valence-corrected chi connectivity index (χ4v) is 1.79. The van der Waals surface area contributed by atoms with Crippen molar-refractivity contribution in [2.45, 2.75) is 6.42 Å². The van der Waals surface area contributed by atoms with Gasteiger partial charge in [-0.2, -0.15) is 0 Å². The summed E-state index contributed by atoms with van der Waals surface area (Å²) >= 11 is 0. The van der Waals surface area contributed by atoms with Gasteiger partial charge in [0.25, 0.3) is 11.8 Å². The Morgan fingerprint density at radius 3 is 2.41 bits per heavy atom. The predicted molar refractivity (Wildman–Crippen MR) is 62.6 cm³/mol. The van der Waals surface area contributed by atoms with Gasteiger partial charge in [-0.05, 0) is 18.1 Å². The van der Waals surface area contributed by atoms with E-state index in [4.69, 9.17) is 4.74 Å². The number of hydrogen-bond acceptors (Lipinski definition) is 3. The third kappa shape index (κ3) is 2.36. The molecule has 0 saturated carbocycles. The molecule has 1 aliphatic rings. The second kappa shape index (κ2) is 4.82. The summed E-state index contributed by atoms with van der Waals surface area (Å²) in [4.78, 5) is 23.9. The molecule has 0 bridgehead atoms. The van der Waals surface area contributed by atoms with Gasteiger partial charge in [-0.1, -0.05) is 18.2 Å². The maximum absolute atomic E-state index is 11.3. The second-order valence-corrected chi connectivity index (χ2v) is 3.72. The van der Waals surface area contributed by atoms with E-state index >= 15 is 0 Å². The molecule has 1 aromatic rings. The Labute approximate surface area is 99.5 Å². The van der Waals surface area contributed by atoms with Crippen LogP contribution in [0.3, 0.4) is 0 Å². The summed E-state index contributed by atoms with van der Waals surface area (Å²) in [6, 6.07) is 7.58. The van der Waals surface area contributed by atoms with Crippen LogP contribution in [-0.4, -0.2) is 30.4 Å². The molecule has 0 radical (unpaired) electrons. The molecule has 4 nitrogen and oxygen atoms in total. The van der Waals surface area contributed by atoms with Crippen LogP contribution < -0.4 is 4.74 Å². The minimum absolute atomic E-state index is 0.245. The molecule has 0 fully saturated rings. The number of carbonyl (C=O) groups excluding carboxylic acids is 2. The number of methoxy groups -OCH3 is 1. The fraction of sp³-hybridized carbons (Fsp3) is 0.231. The maximum Gasteiger partial charge on any atom is 0.253 e. The van der Waals surface area contributed by atoms with E-state index in [2.05, 4.69) is 0 Å². The van der Waals surface area contributed by atoms with Crippen LogP contribution in [-0.2, 0) is 16.0 Å². The minimum Gasteiger partial charge on any atom is -0.496 e. The Morgan fingerprint density at radius 2 is 1.76 bits per heavy atom. The lowest BCUT2D eigenvalue weighted by atomic mass is 10.1. The lowest BCUT2D eigenvalue weighted by molar-refractivity contribution is -0.136. The van der Waals surface area contributed by atoms with E-state index in [0.29, 0.717) is 13.0 Å². The zero-order valence-corrected chi connectivity index (χ0v) is 9.55. The quantitative estimate of drug-likeness (QED) is 0.730. The normalized spacial score (nSPS) is 14.5. The molecule has 0 aliphatic carbocycles. The highest BCUT2D eigenvalue weighted by Gasteiger charge is 2.22. The van der Waals surface area contributed by atoms with Crippen LogP contribution in [0.4, 0.5) is 0 Å². The number of rotatable bonds is 4. The topological polar surface area (TPSA) is 46.6 Å². The van der Waals surface area contributed by atoms with Gasteiger partial charge in [-0.3, -0.25) is 14.5 Å². The Balaban J connectivity index is 2.03. The van der Waals surface area contributed by atoms with Gasteiger partial charge in [-0.25, -0.2) is 0 Å². The Kier molecular flexibility index (Phi) is 3.23. The first kappa shape index (κ1) is 11.4. The van der Waals surface area contributed by atoms with E-state index < -0.39 is 0 Å². The van der Waals surface area contributed by atoms with Gasteiger partial charge in [-0.15, -0.1) is 0 Å². The van der Waals surface area contributed by atoms with Crippen molar-refractivity contribution in [3.8, 4) is 5.75 Å². The van der Waals surface area contributed by atoms with Crippen LogP contribution in [0.25, 0.3) is 0 Å².